The van der Waals surface area contributed by atoms with Gasteiger partial charge in [0.05, 0.1) is 11.0 Å². The lowest BCUT2D eigenvalue weighted by atomic mass is 10.1. The smallest absolute Gasteiger partial charge is 0.248 e. The van der Waals surface area contributed by atoms with Gasteiger partial charge >= 0.3 is 0 Å². The molecule has 0 atom stereocenters. The summed E-state index contributed by atoms with van der Waals surface area (Å²) in [4.78, 5) is 24.7. The topological polar surface area (TPSA) is 95.6 Å². The summed E-state index contributed by atoms with van der Waals surface area (Å²) in [5, 5.41) is 16.0. The van der Waals surface area contributed by atoms with Gasteiger partial charge in [-0.05, 0) is 37.1 Å². The fourth-order valence-corrected chi connectivity index (χ4v) is 3.58. The van der Waals surface area contributed by atoms with Crippen LogP contribution in [-0.2, 0) is 0 Å². The van der Waals surface area contributed by atoms with E-state index in [2.05, 4.69) is 20.6 Å². The Balaban J connectivity index is 1.12. The van der Waals surface area contributed by atoms with Crippen molar-refractivity contribution in [1.82, 2.24) is 30.0 Å². The third kappa shape index (κ3) is 4.42. The minimum absolute atomic E-state index is 0.0191. The van der Waals surface area contributed by atoms with E-state index < -0.39 is 0 Å². The predicted octanol–water partition coefficient (Wildman–Crippen LogP) is 4.28. The predicted molar refractivity (Wildman–Crippen MR) is 113 cm³/mol. The molecule has 0 N–H and O–H groups in total. The van der Waals surface area contributed by atoms with Gasteiger partial charge in [-0.3, -0.25) is 9.59 Å². The number of carbonyl (C=O) groups excluding carboxylic acids is 2. The van der Waals surface area contributed by atoms with Gasteiger partial charge in [-0.2, -0.15) is 9.36 Å². The number of fused-ring (bicyclic) bond motifs is 2. The standard InChI is InChI=1S/C22H24N6O2/c29-21(27-19-13-9-7-11-17(19)23-25-27)15-5-3-1-2-4-6-16-22(30)28-20-14-10-8-12-18(20)24-26-28/h7-14H,1-6,15-16H2. The molecular weight excluding hydrogens is 380 g/mol. The molecular formula is C22H24N6O2. The van der Waals surface area contributed by atoms with Crippen molar-refractivity contribution >= 4 is 33.9 Å². The summed E-state index contributed by atoms with van der Waals surface area (Å²) in [6, 6.07) is 14.9. The molecule has 0 fully saturated rings. The second kappa shape index (κ2) is 9.39. The van der Waals surface area contributed by atoms with Gasteiger partial charge in [0, 0.05) is 12.8 Å². The van der Waals surface area contributed by atoms with Crippen LogP contribution in [0.25, 0.3) is 22.1 Å². The molecule has 0 unspecified atom stereocenters. The van der Waals surface area contributed by atoms with Crippen molar-refractivity contribution in [2.75, 3.05) is 0 Å². The second-order valence-electron chi connectivity index (χ2n) is 7.39. The largest absolute Gasteiger partial charge is 0.273 e. The highest BCUT2D eigenvalue weighted by Gasteiger charge is 2.12. The molecule has 0 aliphatic heterocycles. The number of hydrogen-bond acceptors (Lipinski definition) is 6. The number of hydrogen-bond donors (Lipinski definition) is 0. The van der Waals surface area contributed by atoms with E-state index in [1.165, 1.54) is 9.36 Å². The van der Waals surface area contributed by atoms with Crippen molar-refractivity contribution < 1.29 is 9.59 Å². The van der Waals surface area contributed by atoms with Crippen molar-refractivity contribution in [2.24, 2.45) is 0 Å². The first-order valence-corrected chi connectivity index (χ1v) is 10.4. The Labute approximate surface area is 173 Å². The normalized spacial score (nSPS) is 11.3. The molecule has 154 valence electrons. The van der Waals surface area contributed by atoms with Crippen LogP contribution >= 0.6 is 0 Å². The molecule has 0 saturated heterocycles. The number of para-hydroxylation sites is 2. The molecule has 0 radical (unpaired) electrons. The van der Waals surface area contributed by atoms with E-state index in [0.717, 1.165) is 60.6 Å². The molecule has 0 aliphatic rings. The Morgan fingerprint density at radius 2 is 1.00 bits per heavy atom. The Kier molecular flexibility index (Phi) is 6.22. The van der Waals surface area contributed by atoms with Gasteiger partial charge in [0.1, 0.15) is 11.0 Å². The average Bonchev–Trinajstić information content (AvgIpc) is 3.39. The van der Waals surface area contributed by atoms with Crippen molar-refractivity contribution in [3.63, 3.8) is 0 Å². The van der Waals surface area contributed by atoms with E-state index in [-0.39, 0.29) is 11.8 Å². The van der Waals surface area contributed by atoms with E-state index in [1.807, 2.05) is 48.5 Å². The molecule has 2 aromatic heterocycles. The first-order chi connectivity index (χ1) is 14.7. The van der Waals surface area contributed by atoms with Gasteiger partial charge in [0.15, 0.2) is 0 Å². The van der Waals surface area contributed by atoms with Gasteiger partial charge in [-0.25, -0.2) is 0 Å². The van der Waals surface area contributed by atoms with Crippen LogP contribution in [0.5, 0.6) is 0 Å². The zero-order chi connectivity index (χ0) is 20.8. The van der Waals surface area contributed by atoms with E-state index in [4.69, 9.17) is 0 Å². The van der Waals surface area contributed by atoms with Crippen LogP contribution in [0.3, 0.4) is 0 Å². The first-order valence-electron chi connectivity index (χ1n) is 10.4. The Morgan fingerprint density at radius 1 is 0.600 bits per heavy atom. The van der Waals surface area contributed by atoms with Gasteiger partial charge in [0.2, 0.25) is 11.8 Å². The number of aromatic nitrogens is 6. The maximum Gasteiger partial charge on any atom is 0.248 e. The third-order valence-electron chi connectivity index (χ3n) is 5.21. The van der Waals surface area contributed by atoms with Crippen LogP contribution in [0, 0.1) is 0 Å². The first kappa shape index (κ1) is 19.9. The highest BCUT2D eigenvalue weighted by molar-refractivity contribution is 5.89. The molecule has 0 amide bonds. The molecule has 4 rings (SSSR count). The number of rotatable bonds is 9. The summed E-state index contributed by atoms with van der Waals surface area (Å²) in [5.74, 6) is -0.0382. The van der Waals surface area contributed by atoms with Crippen LogP contribution in [0.15, 0.2) is 48.5 Å². The van der Waals surface area contributed by atoms with Crippen molar-refractivity contribution in [3.05, 3.63) is 48.5 Å². The molecule has 0 spiro atoms. The second-order valence-corrected chi connectivity index (χ2v) is 7.39. The summed E-state index contributed by atoms with van der Waals surface area (Å²) in [7, 11) is 0. The summed E-state index contributed by atoms with van der Waals surface area (Å²) in [5.41, 5.74) is 2.98. The quantitative estimate of drug-likeness (QED) is 0.386. The van der Waals surface area contributed by atoms with E-state index in [9.17, 15) is 9.59 Å². The lowest BCUT2D eigenvalue weighted by molar-refractivity contribution is 0.0876. The molecule has 2 aromatic carbocycles. The summed E-state index contributed by atoms with van der Waals surface area (Å²) >= 11 is 0. The zero-order valence-electron chi connectivity index (χ0n) is 16.8. The van der Waals surface area contributed by atoms with Crippen LogP contribution in [0.2, 0.25) is 0 Å². The summed E-state index contributed by atoms with van der Waals surface area (Å²) in [6.07, 6.45) is 6.65. The molecule has 0 bridgehead atoms. The SMILES string of the molecule is O=C(CCCCCCCCC(=O)n1nnc2ccccc21)n1nnc2ccccc21. The molecule has 4 aromatic rings. The minimum Gasteiger partial charge on any atom is -0.273 e. The van der Waals surface area contributed by atoms with Crippen molar-refractivity contribution in [1.29, 1.82) is 0 Å². The van der Waals surface area contributed by atoms with E-state index >= 15 is 0 Å². The van der Waals surface area contributed by atoms with Crippen LogP contribution < -0.4 is 0 Å². The number of benzene rings is 2. The van der Waals surface area contributed by atoms with Gasteiger partial charge < -0.3 is 0 Å². The fourth-order valence-electron chi connectivity index (χ4n) is 3.58. The van der Waals surface area contributed by atoms with Gasteiger partial charge in [-0.15, -0.1) is 10.2 Å². The molecule has 2 heterocycles. The zero-order valence-corrected chi connectivity index (χ0v) is 16.8. The van der Waals surface area contributed by atoms with Crippen LogP contribution in [0.1, 0.15) is 61.0 Å². The highest BCUT2D eigenvalue weighted by atomic mass is 16.2. The van der Waals surface area contributed by atoms with Gasteiger partial charge in [0.25, 0.3) is 0 Å². The number of unbranched alkanes of at least 4 members (excludes halogenated alkanes) is 5. The van der Waals surface area contributed by atoms with Crippen molar-refractivity contribution in [2.45, 2.75) is 51.4 Å². The molecule has 8 heteroatoms. The summed E-state index contributed by atoms with van der Waals surface area (Å²) in [6.45, 7) is 0. The number of nitrogens with zero attached hydrogens (tertiary/aromatic N) is 6. The van der Waals surface area contributed by atoms with E-state index in [1.54, 1.807) is 0 Å². The fraction of sp³-hybridized carbons (Fsp3) is 0.364. The summed E-state index contributed by atoms with van der Waals surface area (Å²) < 4.78 is 2.80. The number of carbonyl (C=O) groups is 2. The van der Waals surface area contributed by atoms with Crippen LogP contribution in [-0.4, -0.2) is 41.8 Å². The maximum atomic E-state index is 12.3. The van der Waals surface area contributed by atoms with Crippen LogP contribution in [0.4, 0.5) is 0 Å². The lowest BCUT2D eigenvalue weighted by Crippen LogP contribution is -2.12. The molecule has 0 saturated carbocycles. The monoisotopic (exact) mass is 404 g/mol. The third-order valence-corrected chi connectivity index (χ3v) is 5.21. The molecule has 8 nitrogen and oxygen atoms in total. The van der Waals surface area contributed by atoms with Gasteiger partial charge in [-0.1, -0.05) is 60.4 Å². The maximum absolute atomic E-state index is 12.3. The molecule has 30 heavy (non-hydrogen) atoms. The van der Waals surface area contributed by atoms with Crippen molar-refractivity contribution in [3.8, 4) is 0 Å². The lowest BCUT2D eigenvalue weighted by Gasteiger charge is -2.03. The average molecular weight is 404 g/mol. The minimum atomic E-state index is -0.0191. The Hall–Kier alpha value is -3.42. The Bertz CT molecular complexity index is 1070. The highest BCUT2D eigenvalue weighted by Crippen LogP contribution is 2.14. The van der Waals surface area contributed by atoms with E-state index in [0.29, 0.717) is 12.8 Å². The Morgan fingerprint density at radius 3 is 1.47 bits per heavy atom. The molecule has 0 aliphatic carbocycles.